The number of hydrogen-bond donors (Lipinski definition) is 0. The Hall–Kier alpha value is -0.670. The molecule has 64 valence electrons. The SMILES string of the molecule is Cc1cc2c(I)c(C#N)cnc2s1. The number of fused-ring (bicyclic) bond motifs is 1. The number of pyridine rings is 1. The summed E-state index contributed by atoms with van der Waals surface area (Å²) in [6, 6.07) is 4.21. The van der Waals surface area contributed by atoms with Crippen molar-refractivity contribution in [3.05, 3.63) is 26.3 Å². The summed E-state index contributed by atoms with van der Waals surface area (Å²) < 4.78 is 1.01. The highest BCUT2D eigenvalue weighted by atomic mass is 127. The predicted octanol–water partition coefficient (Wildman–Crippen LogP) is 3.08. The zero-order valence-electron chi connectivity index (χ0n) is 6.84. The number of nitriles is 1. The van der Waals surface area contributed by atoms with Gasteiger partial charge < -0.3 is 0 Å². The van der Waals surface area contributed by atoms with Crippen molar-refractivity contribution in [1.29, 1.82) is 5.26 Å². The van der Waals surface area contributed by atoms with Crippen molar-refractivity contribution < 1.29 is 0 Å². The number of aromatic nitrogens is 1. The number of aryl methyl sites for hydroxylation is 1. The highest BCUT2D eigenvalue weighted by molar-refractivity contribution is 14.1. The molecule has 0 atom stereocenters. The van der Waals surface area contributed by atoms with Gasteiger partial charge in [-0.25, -0.2) is 4.98 Å². The molecule has 0 aliphatic carbocycles. The van der Waals surface area contributed by atoms with Crippen LogP contribution in [0.15, 0.2) is 12.3 Å². The van der Waals surface area contributed by atoms with Crippen LogP contribution in [0.3, 0.4) is 0 Å². The molecule has 2 aromatic rings. The van der Waals surface area contributed by atoms with Gasteiger partial charge in [-0.1, -0.05) is 0 Å². The average molecular weight is 300 g/mol. The van der Waals surface area contributed by atoms with E-state index in [1.165, 1.54) is 4.88 Å². The maximum absolute atomic E-state index is 8.79. The molecular formula is C9H5IN2S. The summed E-state index contributed by atoms with van der Waals surface area (Å²) >= 11 is 3.86. The summed E-state index contributed by atoms with van der Waals surface area (Å²) in [6.07, 6.45) is 1.64. The quantitative estimate of drug-likeness (QED) is 0.701. The third-order valence-corrected chi connectivity index (χ3v) is 3.86. The lowest BCUT2D eigenvalue weighted by atomic mass is 10.2. The van der Waals surface area contributed by atoms with Gasteiger partial charge in [-0.05, 0) is 35.6 Å². The van der Waals surface area contributed by atoms with E-state index in [0.29, 0.717) is 5.56 Å². The van der Waals surface area contributed by atoms with Gasteiger partial charge in [0.25, 0.3) is 0 Å². The molecule has 4 heteroatoms. The van der Waals surface area contributed by atoms with Gasteiger partial charge in [0.1, 0.15) is 10.9 Å². The molecule has 0 aromatic carbocycles. The van der Waals surface area contributed by atoms with E-state index >= 15 is 0 Å². The van der Waals surface area contributed by atoms with Crippen LogP contribution in [0.5, 0.6) is 0 Å². The first-order chi connectivity index (χ1) is 6.22. The first-order valence-corrected chi connectivity index (χ1v) is 5.56. The fraction of sp³-hybridized carbons (Fsp3) is 0.111. The molecule has 13 heavy (non-hydrogen) atoms. The third-order valence-electron chi connectivity index (χ3n) is 1.74. The molecule has 0 aliphatic heterocycles. The molecule has 0 N–H and O–H groups in total. The van der Waals surface area contributed by atoms with Crippen LogP contribution in [0, 0.1) is 21.8 Å². The number of halogens is 1. The van der Waals surface area contributed by atoms with E-state index in [4.69, 9.17) is 5.26 Å². The predicted molar refractivity (Wildman–Crippen MR) is 61.8 cm³/mol. The van der Waals surface area contributed by atoms with Crippen LogP contribution in [0.2, 0.25) is 0 Å². The van der Waals surface area contributed by atoms with Gasteiger partial charge in [0.15, 0.2) is 0 Å². The Balaban J connectivity index is 2.87. The molecule has 0 saturated heterocycles. The molecule has 0 aliphatic rings. The van der Waals surface area contributed by atoms with Crippen molar-refractivity contribution in [2.24, 2.45) is 0 Å². The van der Waals surface area contributed by atoms with Crippen LogP contribution in [0.25, 0.3) is 10.2 Å². The largest absolute Gasteiger partial charge is 0.244 e. The molecule has 0 radical (unpaired) electrons. The number of rotatable bonds is 0. The summed E-state index contributed by atoms with van der Waals surface area (Å²) in [6.45, 7) is 2.05. The Morgan fingerprint density at radius 3 is 3.08 bits per heavy atom. The molecule has 0 fully saturated rings. The van der Waals surface area contributed by atoms with Gasteiger partial charge in [-0.15, -0.1) is 11.3 Å². The van der Waals surface area contributed by atoms with Crippen molar-refractivity contribution >= 4 is 44.1 Å². The zero-order valence-corrected chi connectivity index (χ0v) is 9.81. The van der Waals surface area contributed by atoms with Gasteiger partial charge in [0.05, 0.1) is 5.56 Å². The van der Waals surface area contributed by atoms with Crippen molar-refractivity contribution in [2.45, 2.75) is 6.92 Å². The Morgan fingerprint density at radius 1 is 1.62 bits per heavy atom. The molecule has 2 heterocycles. The van der Waals surface area contributed by atoms with Crippen LogP contribution in [0.1, 0.15) is 10.4 Å². The van der Waals surface area contributed by atoms with Crippen molar-refractivity contribution in [2.75, 3.05) is 0 Å². The average Bonchev–Trinajstić information content (AvgIpc) is 2.47. The second-order valence-electron chi connectivity index (χ2n) is 2.67. The van der Waals surface area contributed by atoms with Crippen LogP contribution in [0.4, 0.5) is 0 Å². The maximum atomic E-state index is 8.79. The molecule has 0 amide bonds. The Bertz CT molecular complexity index is 510. The normalized spacial score (nSPS) is 10.2. The fourth-order valence-corrected chi connectivity index (χ4v) is 2.87. The van der Waals surface area contributed by atoms with E-state index in [0.717, 1.165) is 13.8 Å². The van der Waals surface area contributed by atoms with Crippen molar-refractivity contribution in [3.8, 4) is 6.07 Å². The molecule has 0 saturated carbocycles. The summed E-state index contributed by atoms with van der Waals surface area (Å²) in [5.41, 5.74) is 0.658. The molecule has 0 unspecified atom stereocenters. The Labute approximate surface area is 93.4 Å². The van der Waals surface area contributed by atoms with Crippen molar-refractivity contribution in [1.82, 2.24) is 4.98 Å². The number of thiophene rings is 1. The minimum Gasteiger partial charge on any atom is -0.244 e. The first kappa shape index (κ1) is 8.91. The fourth-order valence-electron chi connectivity index (χ4n) is 1.16. The smallest absolute Gasteiger partial charge is 0.124 e. The van der Waals surface area contributed by atoms with Crippen molar-refractivity contribution in [3.63, 3.8) is 0 Å². The zero-order chi connectivity index (χ0) is 9.42. The molecule has 2 aromatic heterocycles. The van der Waals surface area contributed by atoms with Gasteiger partial charge in [-0.2, -0.15) is 5.26 Å². The van der Waals surface area contributed by atoms with E-state index in [2.05, 4.69) is 46.6 Å². The summed E-state index contributed by atoms with van der Waals surface area (Å²) in [7, 11) is 0. The van der Waals surface area contributed by atoms with E-state index < -0.39 is 0 Å². The second kappa shape index (κ2) is 3.24. The highest BCUT2D eigenvalue weighted by Crippen LogP contribution is 2.28. The molecule has 0 bridgehead atoms. The molecular weight excluding hydrogens is 295 g/mol. The lowest BCUT2D eigenvalue weighted by Crippen LogP contribution is -1.83. The number of nitrogens with zero attached hydrogens (tertiary/aromatic N) is 2. The van der Waals surface area contributed by atoms with E-state index in [1.807, 2.05) is 0 Å². The van der Waals surface area contributed by atoms with Gasteiger partial charge in [-0.3, -0.25) is 0 Å². The van der Waals surface area contributed by atoms with E-state index in [1.54, 1.807) is 17.5 Å². The monoisotopic (exact) mass is 300 g/mol. The molecule has 2 nitrogen and oxygen atoms in total. The van der Waals surface area contributed by atoms with Crippen LogP contribution in [-0.2, 0) is 0 Å². The van der Waals surface area contributed by atoms with E-state index in [-0.39, 0.29) is 0 Å². The molecule has 0 spiro atoms. The third kappa shape index (κ3) is 1.42. The van der Waals surface area contributed by atoms with Gasteiger partial charge in [0.2, 0.25) is 0 Å². The lowest BCUT2D eigenvalue weighted by Gasteiger charge is -1.94. The van der Waals surface area contributed by atoms with Crippen LogP contribution < -0.4 is 0 Å². The number of hydrogen-bond acceptors (Lipinski definition) is 3. The summed E-state index contributed by atoms with van der Waals surface area (Å²) in [5.74, 6) is 0. The first-order valence-electron chi connectivity index (χ1n) is 3.67. The highest BCUT2D eigenvalue weighted by Gasteiger charge is 2.07. The Morgan fingerprint density at radius 2 is 2.38 bits per heavy atom. The van der Waals surface area contributed by atoms with Gasteiger partial charge in [0, 0.05) is 20.0 Å². The maximum Gasteiger partial charge on any atom is 0.124 e. The van der Waals surface area contributed by atoms with Crippen LogP contribution in [-0.4, -0.2) is 4.98 Å². The summed E-state index contributed by atoms with van der Waals surface area (Å²) in [5, 5.41) is 9.89. The summed E-state index contributed by atoms with van der Waals surface area (Å²) in [4.78, 5) is 6.47. The van der Waals surface area contributed by atoms with Gasteiger partial charge >= 0.3 is 0 Å². The molecule has 2 rings (SSSR count). The standard InChI is InChI=1S/C9H5IN2S/c1-5-2-7-8(10)6(3-11)4-12-9(7)13-5/h2,4H,1H3. The minimum absolute atomic E-state index is 0.658. The lowest BCUT2D eigenvalue weighted by molar-refractivity contribution is 1.38. The topological polar surface area (TPSA) is 36.7 Å². The Kier molecular flexibility index (Phi) is 2.22. The minimum atomic E-state index is 0.658. The van der Waals surface area contributed by atoms with E-state index in [9.17, 15) is 0 Å². The van der Waals surface area contributed by atoms with Crippen LogP contribution >= 0.6 is 33.9 Å². The second-order valence-corrected chi connectivity index (χ2v) is 4.99.